The number of carbonyl (C=O) groups is 1. The molecule has 0 radical (unpaired) electrons. The van der Waals surface area contributed by atoms with Crippen LogP contribution in [-0.2, 0) is 4.79 Å². The van der Waals surface area contributed by atoms with E-state index in [1.807, 2.05) is 0 Å². The zero-order chi connectivity index (χ0) is 17.1. The van der Waals surface area contributed by atoms with Gasteiger partial charge in [-0.15, -0.1) is 10.2 Å². The van der Waals surface area contributed by atoms with Crippen molar-refractivity contribution in [2.24, 2.45) is 0 Å². The average molecular weight is 429 g/mol. The van der Waals surface area contributed by atoms with Gasteiger partial charge in [-0.3, -0.25) is 10.1 Å². The Hall–Kier alpha value is -1.90. The summed E-state index contributed by atoms with van der Waals surface area (Å²) in [5.74, 6) is 0.789. The first kappa shape index (κ1) is 16.9. The predicted molar refractivity (Wildman–Crippen MR) is 95.5 cm³/mol. The number of anilines is 1. The molecule has 0 aliphatic rings. The monoisotopic (exact) mass is 427 g/mol. The van der Waals surface area contributed by atoms with Crippen molar-refractivity contribution >= 4 is 49.9 Å². The van der Waals surface area contributed by atoms with E-state index in [1.54, 1.807) is 43.5 Å². The SMILES string of the molecule is CC(Oc1ccc(Cl)cc1Br)C(=O)Nc1nnc(-c2ccco2)s1. The molecular weight excluding hydrogens is 418 g/mol. The topological polar surface area (TPSA) is 77.2 Å². The highest BCUT2D eigenvalue weighted by atomic mass is 79.9. The smallest absolute Gasteiger partial charge is 0.266 e. The van der Waals surface area contributed by atoms with Crippen LogP contribution in [-0.4, -0.2) is 22.2 Å². The first-order chi connectivity index (χ1) is 11.5. The van der Waals surface area contributed by atoms with Crippen LogP contribution in [0.4, 0.5) is 5.13 Å². The molecule has 0 saturated heterocycles. The minimum atomic E-state index is -0.724. The van der Waals surface area contributed by atoms with Crippen LogP contribution in [0.1, 0.15) is 6.92 Å². The quantitative estimate of drug-likeness (QED) is 0.641. The van der Waals surface area contributed by atoms with E-state index in [0.717, 1.165) is 0 Å². The third kappa shape index (κ3) is 3.95. The first-order valence-corrected chi connectivity index (χ1v) is 8.81. The van der Waals surface area contributed by atoms with Gasteiger partial charge in [0.1, 0.15) is 5.75 Å². The number of nitrogens with zero attached hydrogens (tertiary/aromatic N) is 2. The van der Waals surface area contributed by atoms with E-state index < -0.39 is 6.10 Å². The average Bonchev–Trinajstić information content (AvgIpc) is 3.20. The third-order valence-corrected chi connectivity index (χ3v) is 4.66. The molecule has 0 aliphatic carbocycles. The highest BCUT2D eigenvalue weighted by Crippen LogP contribution is 2.29. The van der Waals surface area contributed by atoms with Gasteiger partial charge in [0.05, 0.1) is 10.7 Å². The second-order valence-corrected chi connectivity index (χ2v) is 6.98. The largest absolute Gasteiger partial charge is 0.480 e. The van der Waals surface area contributed by atoms with Crippen molar-refractivity contribution in [2.45, 2.75) is 13.0 Å². The van der Waals surface area contributed by atoms with E-state index in [4.69, 9.17) is 20.8 Å². The van der Waals surface area contributed by atoms with Crippen molar-refractivity contribution in [3.05, 3.63) is 46.1 Å². The number of hydrogen-bond acceptors (Lipinski definition) is 6. The molecular formula is C15H11BrClN3O3S. The van der Waals surface area contributed by atoms with Gasteiger partial charge >= 0.3 is 0 Å². The molecule has 1 atom stereocenters. The minimum Gasteiger partial charge on any atom is -0.480 e. The van der Waals surface area contributed by atoms with Gasteiger partial charge in [-0.05, 0) is 53.2 Å². The van der Waals surface area contributed by atoms with Crippen LogP contribution in [0.25, 0.3) is 10.8 Å². The fraction of sp³-hybridized carbons (Fsp3) is 0.133. The summed E-state index contributed by atoms with van der Waals surface area (Å²) in [5.41, 5.74) is 0. The molecule has 124 valence electrons. The number of carbonyl (C=O) groups excluding carboxylic acids is 1. The van der Waals surface area contributed by atoms with Gasteiger partial charge < -0.3 is 9.15 Å². The molecule has 0 saturated carbocycles. The van der Waals surface area contributed by atoms with E-state index in [9.17, 15) is 4.79 Å². The number of ether oxygens (including phenoxy) is 1. The molecule has 1 amide bonds. The van der Waals surface area contributed by atoms with Crippen LogP contribution in [0, 0.1) is 0 Å². The van der Waals surface area contributed by atoms with Crippen molar-refractivity contribution < 1.29 is 13.9 Å². The van der Waals surface area contributed by atoms with Gasteiger partial charge in [0, 0.05) is 5.02 Å². The molecule has 0 bridgehead atoms. The Balaban J connectivity index is 1.64. The van der Waals surface area contributed by atoms with E-state index in [1.165, 1.54) is 11.3 Å². The van der Waals surface area contributed by atoms with Crippen molar-refractivity contribution in [1.29, 1.82) is 0 Å². The fourth-order valence-electron chi connectivity index (χ4n) is 1.80. The molecule has 1 unspecified atom stereocenters. The van der Waals surface area contributed by atoms with Gasteiger partial charge in [0.25, 0.3) is 5.91 Å². The number of aromatic nitrogens is 2. The van der Waals surface area contributed by atoms with Crippen LogP contribution in [0.5, 0.6) is 5.75 Å². The summed E-state index contributed by atoms with van der Waals surface area (Å²) >= 11 is 10.4. The van der Waals surface area contributed by atoms with E-state index in [2.05, 4.69) is 31.4 Å². The van der Waals surface area contributed by atoms with Crippen LogP contribution in [0.2, 0.25) is 5.02 Å². The number of hydrogen-bond donors (Lipinski definition) is 1. The van der Waals surface area contributed by atoms with Crippen molar-refractivity contribution in [3.63, 3.8) is 0 Å². The van der Waals surface area contributed by atoms with Crippen LogP contribution in [0.3, 0.4) is 0 Å². The minimum absolute atomic E-state index is 0.334. The molecule has 1 N–H and O–H groups in total. The van der Waals surface area contributed by atoms with Crippen molar-refractivity contribution in [1.82, 2.24) is 10.2 Å². The Labute approximate surface area is 154 Å². The molecule has 0 fully saturated rings. The Morgan fingerprint density at radius 3 is 2.96 bits per heavy atom. The van der Waals surface area contributed by atoms with Crippen molar-refractivity contribution in [2.75, 3.05) is 5.32 Å². The highest BCUT2D eigenvalue weighted by Gasteiger charge is 2.19. The lowest BCUT2D eigenvalue weighted by Crippen LogP contribution is -2.30. The second kappa shape index (κ2) is 7.33. The normalized spacial score (nSPS) is 12.0. The lowest BCUT2D eigenvalue weighted by atomic mass is 10.3. The molecule has 2 aromatic heterocycles. The van der Waals surface area contributed by atoms with Gasteiger partial charge in [0.15, 0.2) is 16.9 Å². The van der Waals surface area contributed by atoms with Crippen molar-refractivity contribution in [3.8, 4) is 16.5 Å². The van der Waals surface area contributed by atoms with Gasteiger partial charge in [-0.2, -0.15) is 0 Å². The summed E-state index contributed by atoms with van der Waals surface area (Å²) in [4.78, 5) is 12.2. The van der Waals surface area contributed by atoms with Crippen LogP contribution < -0.4 is 10.1 Å². The molecule has 0 spiro atoms. The first-order valence-electron chi connectivity index (χ1n) is 6.83. The standard InChI is InChI=1S/C15H11BrClN3O3S/c1-8(23-11-5-4-9(17)7-10(11)16)13(21)18-15-20-19-14(24-15)12-3-2-6-22-12/h2-8H,1H3,(H,18,20,21). The summed E-state index contributed by atoms with van der Waals surface area (Å²) in [6, 6.07) is 8.61. The highest BCUT2D eigenvalue weighted by molar-refractivity contribution is 9.10. The molecule has 2 heterocycles. The molecule has 1 aromatic carbocycles. The number of amides is 1. The third-order valence-electron chi connectivity index (χ3n) is 2.95. The Morgan fingerprint density at radius 1 is 1.42 bits per heavy atom. The number of furan rings is 1. The zero-order valence-electron chi connectivity index (χ0n) is 12.3. The molecule has 9 heteroatoms. The van der Waals surface area contributed by atoms with Gasteiger partial charge in [-0.25, -0.2) is 0 Å². The maximum atomic E-state index is 12.2. The van der Waals surface area contributed by atoms with Gasteiger partial charge in [0.2, 0.25) is 5.13 Å². The summed E-state index contributed by atoms with van der Waals surface area (Å²) in [6.45, 7) is 1.64. The lowest BCUT2D eigenvalue weighted by molar-refractivity contribution is -0.122. The number of nitrogens with one attached hydrogen (secondary N) is 1. The zero-order valence-corrected chi connectivity index (χ0v) is 15.5. The maximum absolute atomic E-state index is 12.2. The van der Waals surface area contributed by atoms with E-state index >= 15 is 0 Å². The number of rotatable bonds is 5. The molecule has 3 rings (SSSR count). The maximum Gasteiger partial charge on any atom is 0.266 e. The van der Waals surface area contributed by atoms with Crippen LogP contribution in [0.15, 0.2) is 45.5 Å². The van der Waals surface area contributed by atoms with Gasteiger partial charge in [-0.1, -0.05) is 22.9 Å². The molecule has 3 aromatic rings. The fourth-order valence-corrected chi connectivity index (χ4v) is 3.29. The molecule has 6 nitrogen and oxygen atoms in total. The number of halogens is 2. The second-order valence-electron chi connectivity index (χ2n) is 4.71. The Morgan fingerprint density at radius 2 is 2.25 bits per heavy atom. The number of benzene rings is 1. The Kier molecular flexibility index (Phi) is 5.17. The lowest BCUT2D eigenvalue weighted by Gasteiger charge is -2.14. The van der Waals surface area contributed by atoms with Crippen LogP contribution >= 0.6 is 38.9 Å². The summed E-state index contributed by atoms with van der Waals surface area (Å²) in [5, 5.41) is 12.1. The Bertz CT molecular complexity index is 854. The van der Waals surface area contributed by atoms with E-state index in [0.29, 0.717) is 31.1 Å². The molecule has 0 aliphatic heterocycles. The summed E-state index contributed by atoms with van der Waals surface area (Å²) in [6.07, 6.45) is 0.827. The predicted octanol–water partition coefficient (Wildman–Crippen LogP) is 4.62. The van der Waals surface area contributed by atoms with E-state index in [-0.39, 0.29) is 5.91 Å². The summed E-state index contributed by atoms with van der Waals surface area (Å²) in [7, 11) is 0. The molecule has 24 heavy (non-hydrogen) atoms. The summed E-state index contributed by atoms with van der Waals surface area (Å²) < 4.78 is 11.5.